The van der Waals surface area contributed by atoms with E-state index in [1.165, 1.54) is 28.5 Å². The Morgan fingerprint density at radius 3 is 2.83 bits per heavy atom. The van der Waals surface area contributed by atoms with Crippen LogP contribution in [0.1, 0.15) is 42.7 Å². The minimum Gasteiger partial charge on any atom is -0.462 e. The fourth-order valence-corrected chi connectivity index (χ4v) is 6.82. The molecule has 1 aromatic carbocycles. The summed E-state index contributed by atoms with van der Waals surface area (Å²) in [5, 5.41) is 4.40. The maximum atomic E-state index is 13.5. The number of amides is 1. The van der Waals surface area contributed by atoms with E-state index in [1.807, 2.05) is 18.2 Å². The molecule has 3 heterocycles. The molecule has 2 aliphatic heterocycles. The first-order valence-electron chi connectivity index (χ1n) is 11.9. The van der Waals surface area contributed by atoms with Crippen molar-refractivity contribution < 1.29 is 22.7 Å². The third-order valence-corrected chi connectivity index (χ3v) is 8.83. The SMILES string of the molecule is CC(C)OC(=O)CN([C@H]1CCN(c2ccc3c(c2)CCCNC3)C1=O)S(=O)(=O)C=Cc1ccc(Cl)s1. The molecule has 1 atom stereocenters. The lowest BCUT2D eigenvalue weighted by atomic mass is 10.0. The number of nitrogens with one attached hydrogen (secondary N) is 1. The zero-order valence-electron chi connectivity index (χ0n) is 20.3. The van der Waals surface area contributed by atoms with Crippen molar-refractivity contribution in [2.75, 3.05) is 24.5 Å². The van der Waals surface area contributed by atoms with E-state index < -0.39 is 34.7 Å². The Morgan fingerprint density at radius 2 is 2.11 bits per heavy atom. The zero-order chi connectivity index (χ0) is 25.9. The van der Waals surface area contributed by atoms with Gasteiger partial charge in [-0.05, 0) is 81.1 Å². The van der Waals surface area contributed by atoms with Gasteiger partial charge in [0, 0.05) is 29.1 Å². The lowest BCUT2D eigenvalue weighted by molar-refractivity contribution is -0.148. The molecule has 1 saturated heterocycles. The molecule has 0 radical (unpaired) electrons. The van der Waals surface area contributed by atoms with Crippen molar-refractivity contribution in [3.05, 3.63) is 56.1 Å². The van der Waals surface area contributed by atoms with Crippen LogP contribution >= 0.6 is 22.9 Å². The zero-order valence-corrected chi connectivity index (χ0v) is 22.7. The number of thiophene rings is 1. The number of hydrogen-bond acceptors (Lipinski definition) is 7. The second-order valence-electron chi connectivity index (χ2n) is 9.10. The second kappa shape index (κ2) is 11.4. The highest BCUT2D eigenvalue weighted by atomic mass is 35.5. The van der Waals surface area contributed by atoms with Crippen LogP contribution in [0.4, 0.5) is 5.69 Å². The Morgan fingerprint density at radius 1 is 1.31 bits per heavy atom. The molecule has 11 heteroatoms. The summed E-state index contributed by atoms with van der Waals surface area (Å²) in [4.78, 5) is 28.3. The van der Waals surface area contributed by atoms with Gasteiger partial charge in [0.05, 0.1) is 10.4 Å². The van der Waals surface area contributed by atoms with E-state index in [4.69, 9.17) is 16.3 Å². The lowest BCUT2D eigenvalue weighted by Gasteiger charge is -2.26. The largest absolute Gasteiger partial charge is 0.462 e. The van der Waals surface area contributed by atoms with Gasteiger partial charge in [0.15, 0.2) is 0 Å². The lowest BCUT2D eigenvalue weighted by Crippen LogP contribution is -2.47. The number of sulfonamides is 1. The van der Waals surface area contributed by atoms with Gasteiger partial charge < -0.3 is 15.0 Å². The third kappa shape index (κ3) is 6.36. The predicted molar refractivity (Wildman–Crippen MR) is 142 cm³/mol. The number of fused-ring (bicyclic) bond motifs is 1. The topological polar surface area (TPSA) is 96.0 Å². The van der Waals surface area contributed by atoms with E-state index in [0.717, 1.165) is 41.3 Å². The molecule has 36 heavy (non-hydrogen) atoms. The molecule has 0 bridgehead atoms. The number of anilines is 1. The summed E-state index contributed by atoms with van der Waals surface area (Å²) in [7, 11) is -4.12. The minimum atomic E-state index is -4.12. The Kier molecular flexibility index (Phi) is 8.52. The maximum absolute atomic E-state index is 13.5. The molecule has 1 aromatic heterocycles. The number of hydrogen-bond donors (Lipinski definition) is 1. The number of rotatable bonds is 8. The van der Waals surface area contributed by atoms with Crippen LogP contribution in [0.2, 0.25) is 4.34 Å². The second-order valence-corrected chi connectivity index (χ2v) is 12.6. The summed E-state index contributed by atoms with van der Waals surface area (Å²) in [6.45, 7) is 4.92. The fraction of sp³-hybridized carbons (Fsp3) is 0.440. The number of carbonyl (C=O) groups excluding carboxylic acids is 2. The van der Waals surface area contributed by atoms with E-state index in [-0.39, 0.29) is 12.3 Å². The first-order chi connectivity index (χ1) is 17.1. The highest BCUT2D eigenvalue weighted by Crippen LogP contribution is 2.30. The number of carbonyl (C=O) groups is 2. The van der Waals surface area contributed by atoms with Crippen molar-refractivity contribution in [1.82, 2.24) is 9.62 Å². The van der Waals surface area contributed by atoms with Crippen molar-refractivity contribution in [3.63, 3.8) is 0 Å². The van der Waals surface area contributed by atoms with Crippen LogP contribution in [0.3, 0.4) is 0 Å². The molecule has 1 N–H and O–H groups in total. The predicted octanol–water partition coefficient (Wildman–Crippen LogP) is 3.80. The first-order valence-corrected chi connectivity index (χ1v) is 14.6. The monoisotopic (exact) mass is 551 g/mol. The number of aryl methyl sites for hydroxylation is 1. The molecule has 194 valence electrons. The third-order valence-electron chi connectivity index (χ3n) is 6.12. The molecule has 1 fully saturated rings. The Balaban J connectivity index is 1.59. The average Bonchev–Trinajstić information content (AvgIpc) is 3.32. The van der Waals surface area contributed by atoms with E-state index >= 15 is 0 Å². The van der Waals surface area contributed by atoms with Crippen LogP contribution in [-0.2, 0) is 37.3 Å². The summed E-state index contributed by atoms with van der Waals surface area (Å²) in [5.41, 5.74) is 3.14. The molecule has 0 aliphatic carbocycles. The van der Waals surface area contributed by atoms with E-state index in [2.05, 4.69) is 5.32 Å². The van der Waals surface area contributed by atoms with E-state index in [9.17, 15) is 18.0 Å². The molecule has 1 amide bonds. The normalized spacial score (nSPS) is 18.8. The Hall–Kier alpha value is -2.24. The molecule has 2 aromatic rings. The fourth-order valence-electron chi connectivity index (χ4n) is 4.45. The van der Waals surface area contributed by atoms with Crippen LogP contribution < -0.4 is 10.2 Å². The van der Waals surface area contributed by atoms with Crippen molar-refractivity contribution in [2.24, 2.45) is 0 Å². The van der Waals surface area contributed by atoms with Gasteiger partial charge in [-0.2, -0.15) is 4.31 Å². The van der Waals surface area contributed by atoms with E-state index in [1.54, 1.807) is 30.9 Å². The Labute approximate surface area is 220 Å². The van der Waals surface area contributed by atoms with Crippen LogP contribution in [0.5, 0.6) is 0 Å². The number of halogens is 1. The summed E-state index contributed by atoms with van der Waals surface area (Å²) in [6, 6.07) is 8.31. The highest BCUT2D eigenvalue weighted by molar-refractivity contribution is 7.92. The van der Waals surface area contributed by atoms with Crippen LogP contribution in [0, 0.1) is 0 Å². The first kappa shape index (κ1) is 26.8. The molecule has 8 nitrogen and oxygen atoms in total. The molecular formula is C25H30ClN3O5S2. The van der Waals surface area contributed by atoms with Gasteiger partial charge in [-0.15, -0.1) is 11.3 Å². The molecular weight excluding hydrogens is 522 g/mol. The molecule has 0 unspecified atom stereocenters. The van der Waals surface area contributed by atoms with Crippen molar-refractivity contribution in [3.8, 4) is 0 Å². The summed E-state index contributed by atoms with van der Waals surface area (Å²) in [6.07, 6.45) is 3.21. The number of ether oxygens (including phenoxy) is 1. The average molecular weight is 552 g/mol. The van der Waals surface area contributed by atoms with Crippen LogP contribution in [0.15, 0.2) is 35.7 Å². The summed E-state index contributed by atoms with van der Waals surface area (Å²) < 4.78 is 33.4. The van der Waals surface area contributed by atoms with Gasteiger partial charge in [0.2, 0.25) is 15.9 Å². The standard InChI is InChI=1S/C25H30ClN3O5S2/c1-17(2)34-24(30)16-29(36(32,33)13-10-21-7-8-23(26)35-21)22-9-12-28(25(22)31)20-6-5-19-15-27-11-3-4-18(19)14-20/h5-8,10,13-14,17,22,27H,3-4,9,11-12,15-16H2,1-2H3/t22-/m0/s1. The molecule has 0 spiro atoms. The van der Waals surface area contributed by atoms with Gasteiger partial charge in [-0.3, -0.25) is 9.59 Å². The minimum absolute atomic E-state index is 0.268. The number of nitrogens with zero attached hydrogens (tertiary/aromatic N) is 2. The van der Waals surface area contributed by atoms with Gasteiger partial charge >= 0.3 is 5.97 Å². The van der Waals surface area contributed by atoms with Crippen molar-refractivity contribution in [2.45, 2.75) is 51.8 Å². The van der Waals surface area contributed by atoms with Crippen molar-refractivity contribution >= 4 is 56.6 Å². The smallest absolute Gasteiger partial charge is 0.321 e. The number of benzene rings is 1. The Bertz CT molecular complexity index is 1260. The summed E-state index contributed by atoms with van der Waals surface area (Å²) >= 11 is 7.18. The van der Waals surface area contributed by atoms with Crippen LogP contribution in [-0.4, -0.2) is 56.4 Å². The number of esters is 1. The molecule has 4 rings (SSSR count). The molecule has 0 saturated carbocycles. The van der Waals surface area contributed by atoms with Crippen molar-refractivity contribution in [1.29, 1.82) is 0 Å². The quantitative estimate of drug-likeness (QED) is 0.501. The van der Waals surface area contributed by atoms with Gasteiger partial charge in [0.1, 0.15) is 12.6 Å². The van der Waals surface area contributed by atoms with E-state index in [0.29, 0.717) is 15.8 Å². The van der Waals surface area contributed by atoms with Gasteiger partial charge in [0.25, 0.3) is 0 Å². The highest BCUT2D eigenvalue weighted by Gasteiger charge is 2.42. The maximum Gasteiger partial charge on any atom is 0.321 e. The summed E-state index contributed by atoms with van der Waals surface area (Å²) in [5.74, 6) is -1.06. The molecule has 2 aliphatic rings. The van der Waals surface area contributed by atoms with Crippen LogP contribution in [0.25, 0.3) is 6.08 Å². The van der Waals surface area contributed by atoms with Gasteiger partial charge in [-0.25, -0.2) is 8.42 Å². The van der Waals surface area contributed by atoms with Gasteiger partial charge in [-0.1, -0.05) is 17.7 Å².